The van der Waals surface area contributed by atoms with Crippen molar-refractivity contribution in [2.75, 3.05) is 7.11 Å². The lowest BCUT2D eigenvalue weighted by Crippen LogP contribution is -2.15. The van der Waals surface area contributed by atoms with Gasteiger partial charge in [-0.2, -0.15) is 0 Å². The Bertz CT molecular complexity index is 709. The Morgan fingerprint density at radius 2 is 1.52 bits per heavy atom. The number of methoxy groups -OCH3 is 1. The molecule has 2 aromatic rings. The highest BCUT2D eigenvalue weighted by Crippen LogP contribution is 2.32. The van der Waals surface area contributed by atoms with Crippen molar-refractivity contribution in [3.05, 3.63) is 65.2 Å². The van der Waals surface area contributed by atoms with E-state index in [9.17, 15) is 9.59 Å². The van der Waals surface area contributed by atoms with Gasteiger partial charge in [-0.15, -0.1) is 0 Å². The molecule has 0 spiro atoms. The van der Waals surface area contributed by atoms with Crippen LogP contribution in [0.1, 0.15) is 53.5 Å². The number of hydrogen-bond donors (Lipinski definition) is 0. The van der Waals surface area contributed by atoms with Crippen molar-refractivity contribution in [1.82, 2.24) is 0 Å². The Balaban J connectivity index is 2.25. The molecule has 0 aliphatic rings. The van der Waals surface area contributed by atoms with E-state index < -0.39 is 0 Å². The molecule has 0 aliphatic carbocycles. The van der Waals surface area contributed by atoms with Crippen LogP contribution in [0.5, 0.6) is 5.75 Å². The first-order valence-corrected chi connectivity index (χ1v) is 7.63. The Labute approximate surface area is 137 Å². The molecular formula is C20H22O3. The van der Waals surface area contributed by atoms with Crippen molar-refractivity contribution in [2.24, 2.45) is 0 Å². The molecule has 2 rings (SSSR count). The molecule has 23 heavy (non-hydrogen) atoms. The molecule has 2 aromatic carbocycles. The molecule has 0 heterocycles. The Kier molecular flexibility index (Phi) is 4.99. The summed E-state index contributed by atoms with van der Waals surface area (Å²) in [5, 5.41) is 0. The van der Waals surface area contributed by atoms with Gasteiger partial charge in [-0.1, -0.05) is 51.1 Å². The lowest BCUT2D eigenvalue weighted by atomic mass is 9.84. The molecule has 0 unspecified atom stereocenters. The van der Waals surface area contributed by atoms with Gasteiger partial charge in [-0.25, -0.2) is 0 Å². The number of carbonyl (C=O) groups excluding carboxylic acids is 2. The van der Waals surface area contributed by atoms with Crippen molar-refractivity contribution < 1.29 is 14.3 Å². The third-order valence-corrected chi connectivity index (χ3v) is 3.75. The Hall–Kier alpha value is -2.42. The number of ketones is 2. The predicted octanol–water partition coefficient (Wildman–Crippen LogP) is 4.45. The van der Waals surface area contributed by atoms with Crippen LogP contribution in [-0.4, -0.2) is 18.7 Å². The molecule has 3 heteroatoms. The van der Waals surface area contributed by atoms with Gasteiger partial charge in [-0.3, -0.25) is 9.59 Å². The smallest absolute Gasteiger partial charge is 0.170 e. The van der Waals surface area contributed by atoms with Gasteiger partial charge >= 0.3 is 0 Å². The van der Waals surface area contributed by atoms with Crippen LogP contribution in [0, 0.1) is 0 Å². The minimum Gasteiger partial charge on any atom is -0.496 e. The number of carbonyl (C=O) groups is 2. The molecule has 0 saturated carbocycles. The third kappa shape index (κ3) is 4.07. The topological polar surface area (TPSA) is 43.4 Å². The summed E-state index contributed by atoms with van der Waals surface area (Å²) >= 11 is 0. The van der Waals surface area contributed by atoms with Crippen LogP contribution >= 0.6 is 0 Å². The van der Waals surface area contributed by atoms with Gasteiger partial charge in [0.15, 0.2) is 11.6 Å². The highest BCUT2D eigenvalue weighted by Gasteiger charge is 2.21. The summed E-state index contributed by atoms with van der Waals surface area (Å²) < 4.78 is 5.38. The summed E-state index contributed by atoms with van der Waals surface area (Å²) in [6.07, 6.45) is -0.125. The molecule has 0 bridgehead atoms. The van der Waals surface area contributed by atoms with Crippen LogP contribution in [-0.2, 0) is 5.41 Å². The van der Waals surface area contributed by atoms with E-state index in [2.05, 4.69) is 20.8 Å². The van der Waals surface area contributed by atoms with E-state index in [0.29, 0.717) is 11.1 Å². The van der Waals surface area contributed by atoms with Crippen molar-refractivity contribution in [3.8, 4) is 5.75 Å². The summed E-state index contributed by atoms with van der Waals surface area (Å²) in [5.74, 6) is 0.416. The van der Waals surface area contributed by atoms with Gasteiger partial charge < -0.3 is 4.74 Å². The molecule has 0 fully saturated rings. The fourth-order valence-corrected chi connectivity index (χ4v) is 2.44. The zero-order chi connectivity index (χ0) is 17.0. The minimum absolute atomic E-state index is 0.125. The Morgan fingerprint density at radius 1 is 0.913 bits per heavy atom. The summed E-state index contributed by atoms with van der Waals surface area (Å²) in [7, 11) is 1.62. The summed E-state index contributed by atoms with van der Waals surface area (Å²) in [5.41, 5.74) is 1.91. The van der Waals surface area contributed by atoms with Crippen LogP contribution in [0.25, 0.3) is 0 Å². The molecule has 120 valence electrons. The molecule has 0 aromatic heterocycles. The SMILES string of the molecule is COc1ccc(C(=O)CC(=O)c2ccccc2)cc1C(C)(C)C. The number of hydrogen-bond acceptors (Lipinski definition) is 3. The number of Topliss-reactive ketones (excluding diaryl/α,β-unsaturated/α-hetero) is 2. The van der Waals surface area contributed by atoms with Crippen LogP contribution in [0.3, 0.4) is 0 Å². The van der Waals surface area contributed by atoms with E-state index in [0.717, 1.165) is 11.3 Å². The summed E-state index contributed by atoms with van der Waals surface area (Å²) in [4.78, 5) is 24.6. The molecule has 0 aliphatic heterocycles. The maximum absolute atomic E-state index is 12.4. The first kappa shape index (κ1) is 16.9. The summed E-state index contributed by atoms with van der Waals surface area (Å²) in [6, 6.07) is 14.2. The highest BCUT2D eigenvalue weighted by molar-refractivity contribution is 6.13. The molecule has 3 nitrogen and oxygen atoms in total. The van der Waals surface area contributed by atoms with E-state index in [1.807, 2.05) is 12.1 Å². The molecular weight excluding hydrogens is 288 g/mol. The van der Waals surface area contributed by atoms with Gasteiger partial charge in [0.2, 0.25) is 0 Å². The lowest BCUT2D eigenvalue weighted by Gasteiger charge is -2.22. The highest BCUT2D eigenvalue weighted by atomic mass is 16.5. The normalized spacial score (nSPS) is 11.1. The second-order valence-corrected chi connectivity index (χ2v) is 6.55. The van der Waals surface area contributed by atoms with E-state index in [4.69, 9.17) is 4.74 Å². The molecule has 0 amide bonds. The molecule has 0 N–H and O–H groups in total. The average Bonchev–Trinajstić information content (AvgIpc) is 2.54. The van der Waals surface area contributed by atoms with Crippen molar-refractivity contribution in [3.63, 3.8) is 0 Å². The van der Waals surface area contributed by atoms with E-state index in [1.165, 1.54) is 0 Å². The predicted molar refractivity (Wildman–Crippen MR) is 91.4 cm³/mol. The monoisotopic (exact) mass is 310 g/mol. The number of rotatable bonds is 5. The standard InChI is InChI=1S/C20H22O3/c1-20(2,3)16-12-15(10-11-19(16)23-4)18(22)13-17(21)14-8-6-5-7-9-14/h5-12H,13H2,1-4H3. The lowest BCUT2D eigenvalue weighted by molar-refractivity contribution is 0.0894. The average molecular weight is 310 g/mol. The quantitative estimate of drug-likeness (QED) is 0.605. The third-order valence-electron chi connectivity index (χ3n) is 3.75. The van der Waals surface area contributed by atoms with Crippen LogP contribution in [0.15, 0.2) is 48.5 Å². The van der Waals surface area contributed by atoms with Crippen LogP contribution in [0.2, 0.25) is 0 Å². The maximum Gasteiger partial charge on any atom is 0.170 e. The molecule has 0 radical (unpaired) electrons. The molecule has 0 atom stereocenters. The van der Waals surface area contributed by atoms with Gasteiger partial charge in [0.05, 0.1) is 13.5 Å². The van der Waals surface area contributed by atoms with Gasteiger partial charge in [0.1, 0.15) is 5.75 Å². The zero-order valence-corrected chi connectivity index (χ0v) is 14.1. The second kappa shape index (κ2) is 6.78. The number of benzene rings is 2. The second-order valence-electron chi connectivity index (χ2n) is 6.55. The first-order valence-electron chi connectivity index (χ1n) is 7.63. The minimum atomic E-state index is -0.174. The van der Waals surface area contributed by atoms with E-state index in [-0.39, 0.29) is 23.4 Å². The fraction of sp³-hybridized carbons (Fsp3) is 0.300. The van der Waals surface area contributed by atoms with Crippen molar-refractivity contribution in [1.29, 1.82) is 0 Å². The summed E-state index contributed by atoms with van der Waals surface area (Å²) in [6.45, 7) is 6.19. The van der Waals surface area contributed by atoms with Crippen LogP contribution < -0.4 is 4.74 Å². The van der Waals surface area contributed by atoms with Gasteiger partial charge in [0.25, 0.3) is 0 Å². The van der Waals surface area contributed by atoms with Gasteiger partial charge in [-0.05, 0) is 23.6 Å². The fourth-order valence-electron chi connectivity index (χ4n) is 2.44. The largest absolute Gasteiger partial charge is 0.496 e. The first-order chi connectivity index (χ1) is 10.8. The van der Waals surface area contributed by atoms with Gasteiger partial charge in [0, 0.05) is 16.7 Å². The molecule has 0 saturated heterocycles. The van der Waals surface area contributed by atoms with Crippen molar-refractivity contribution >= 4 is 11.6 Å². The van der Waals surface area contributed by atoms with E-state index in [1.54, 1.807) is 43.5 Å². The number of ether oxygens (including phenoxy) is 1. The van der Waals surface area contributed by atoms with Crippen LogP contribution in [0.4, 0.5) is 0 Å². The zero-order valence-electron chi connectivity index (χ0n) is 14.1. The maximum atomic E-state index is 12.4. The van der Waals surface area contributed by atoms with E-state index >= 15 is 0 Å². The van der Waals surface area contributed by atoms with Crippen molar-refractivity contribution in [2.45, 2.75) is 32.6 Å². The Morgan fingerprint density at radius 3 is 2.09 bits per heavy atom.